The number of carbonyl (C=O) groups excluding carboxylic acids is 5. The van der Waals surface area contributed by atoms with E-state index in [0.29, 0.717) is 49.6 Å². The first-order chi connectivity index (χ1) is 18.3. The number of hydrogen-bond acceptors (Lipinski definition) is 5. The lowest BCUT2D eigenvalue weighted by atomic mass is 9.79. The van der Waals surface area contributed by atoms with Gasteiger partial charge in [-0.25, -0.2) is 0 Å². The fourth-order valence-corrected chi connectivity index (χ4v) is 8.12. The van der Waals surface area contributed by atoms with E-state index in [-0.39, 0.29) is 36.1 Å². The normalized spacial score (nSPS) is 31.8. The highest BCUT2D eigenvalue weighted by atomic mass is 16.2. The van der Waals surface area contributed by atoms with E-state index in [4.69, 9.17) is 0 Å². The number of imide groups is 1. The van der Waals surface area contributed by atoms with E-state index < -0.39 is 18.0 Å². The molecule has 202 valence electrons. The van der Waals surface area contributed by atoms with Crippen LogP contribution >= 0.6 is 0 Å². The number of fused-ring (bicyclic) bond motifs is 1. The third kappa shape index (κ3) is 4.50. The van der Waals surface area contributed by atoms with Crippen molar-refractivity contribution in [2.24, 2.45) is 23.7 Å². The van der Waals surface area contributed by atoms with Gasteiger partial charge in [0.2, 0.25) is 23.6 Å². The quantitative estimate of drug-likeness (QED) is 0.451. The molecule has 5 fully saturated rings. The molecule has 9 nitrogen and oxygen atoms in total. The Hall–Kier alpha value is -3.23. The van der Waals surface area contributed by atoms with Crippen LogP contribution in [0.15, 0.2) is 18.2 Å². The number of amides is 5. The van der Waals surface area contributed by atoms with Crippen molar-refractivity contribution in [2.75, 3.05) is 0 Å². The molecule has 4 aliphatic carbocycles. The smallest absolute Gasteiger partial charge is 0.255 e. The summed E-state index contributed by atoms with van der Waals surface area (Å²) >= 11 is 0. The topological polar surface area (TPSA) is 125 Å². The average Bonchev–Trinajstić information content (AvgIpc) is 3.44. The predicted octanol–water partition coefficient (Wildman–Crippen LogP) is 1.83. The molecule has 0 aromatic heterocycles. The maximum atomic E-state index is 13.3. The molecule has 1 saturated heterocycles. The summed E-state index contributed by atoms with van der Waals surface area (Å²) in [4.78, 5) is 63.8. The zero-order chi connectivity index (χ0) is 26.6. The molecule has 9 heteroatoms. The molecule has 2 heterocycles. The van der Waals surface area contributed by atoms with E-state index in [9.17, 15) is 24.0 Å². The number of carbonyl (C=O) groups is 5. The number of nitrogens with zero attached hydrogens (tertiary/aromatic N) is 1. The maximum absolute atomic E-state index is 13.3. The Morgan fingerprint density at radius 1 is 1.11 bits per heavy atom. The largest absolute Gasteiger partial charge is 0.351 e. The zero-order valence-electron chi connectivity index (χ0n) is 21.8. The predicted molar refractivity (Wildman–Crippen MR) is 137 cm³/mol. The second-order valence-electron chi connectivity index (χ2n) is 12.0. The van der Waals surface area contributed by atoms with Gasteiger partial charge in [-0.15, -0.1) is 0 Å². The molecule has 5 amide bonds. The van der Waals surface area contributed by atoms with Gasteiger partial charge in [0.05, 0.1) is 0 Å². The summed E-state index contributed by atoms with van der Waals surface area (Å²) in [6.07, 6.45) is 7.37. The summed E-state index contributed by atoms with van der Waals surface area (Å²) in [6, 6.07) is 4.63. The Kier molecular flexibility index (Phi) is 6.48. The molecule has 6 unspecified atom stereocenters. The highest BCUT2D eigenvalue weighted by molar-refractivity contribution is 6.05. The SMILES string of the molecule is CC(=O)N[C@@H](CCCc1cccc2c1CN(C1CCC(=O)NC1=O)C2=O)C(=O)NC1C2CC3CC(C2)C1C3. The van der Waals surface area contributed by atoms with Gasteiger partial charge in [-0.05, 0) is 92.2 Å². The van der Waals surface area contributed by atoms with E-state index in [1.165, 1.54) is 32.6 Å². The van der Waals surface area contributed by atoms with Crippen LogP contribution in [0.2, 0.25) is 0 Å². The zero-order valence-corrected chi connectivity index (χ0v) is 21.8. The van der Waals surface area contributed by atoms with Crippen LogP contribution in [0.4, 0.5) is 0 Å². The molecule has 4 saturated carbocycles. The summed E-state index contributed by atoms with van der Waals surface area (Å²) in [5.41, 5.74) is 2.51. The summed E-state index contributed by atoms with van der Waals surface area (Å²) in [5, 5.41) is 8.52. The molecule has 2 aliphatic heterocycles. The van der Waals surface area contributed by atoms with Crippen molar-refractivity contribution < 1.29 is 24.0 Å². The van der Waals surface area contributed by atoms with E-state index in [0.717, 1.165) is 23.0 Å². The van der Waals surface area contributed by atoms with Gasteiger partial charge < -0.3 is 15.5 Å². The van der Waals surface area contributed by atoms with Crippen LogP contribution in [0, 0.1) is 23.7 Å². The first-order valence-corrected chi connectivity index (χ1v) is 14.1. The van der Waals surface area contributed by atoms with Crippen molar-refractivity contribution in [3.05, 3.63) is 34.9 Å². The molecule has 6 aliphatic rings. The Bertz CT molecular complexity index is 1190. The van der Waals surface area contributed by atoms with Crippen LogP contribution in [-0.2, 0) is 32.1 Å². The number of nitrogens with one attached hydrogen (secondary N) is 3. The minimum Gasteiger partial charge on any atom is -0.351 e. The molecule has 7 atom stereocenters. The molecule has 3 N–H and O–H groups in total. The van der Waals surface area contributed by atoms with E-state index in [1.807, 2.05) is 12.1 Å². The summed E-state index contributed by atoms with van der Waals surface area (Å²) in [6.45, 7) is 1.78. The van der Waals surface area contributed by atoms with Gasteiger partial charge in [-0.3, -0.25) is 29.3 Å². The minimum atomic E-state index is -0.644. The van der Waals surface area contributed by atoms with Crippen molar-refractivity contribution in [3.8, 4) is 0 Å². The van der Waals surface area contributed by atoms with Crippen LogP contribution in [-0.4, -0.2) is 52.6 Å². The molecular weight excluding hydrogens is 484 g/mol. The van der Waals surface area contributed by atoms with Crippen molar-refractivity contribution in [3.63, 3.8) is 0 Å². The second-order valence-corrected chi connectivity index (χ2v) is 12.0. The van der Waals surface area contributed by atoms with E-state index in [1.54, 1.807) is 11.0 Å². The number of hydrogen-bond donors (Lipinski definition) is 3. The van der Waals surface area contributed by atoms with Gasteiger partial charge in [0.1, 0.15) is 12.1 Å². The molecule has 0 spiro atoms. The molecule has 0 radical (unpaired) electrons. The first kappa shape index (κ1) is 25.1. The lowest BCUT2D eigenvalue weighted by Gasteiger charge is -2.33. The van der Waals surface area contributed by atoms with Gasteiger partial charge >= 0.3 is 0 Å². The highest BCUT2D eigenvalue weighted by Gasteiger charge is 2.54. The minimum absolute atomic E-state index is 0.0845. The van der Waals surface area contributed by atoms with Crippen LogP contribution in [0.5, 0.6) is 0 Å². The third-order valence-corrected chi connectivity index (χ3v) is 9.68. The van der Waals surface area contributed by atoms with E-state index in [2.05, 4.69) is 16.0 Å². The number of benzene rings is 1. The van der Waals surface area contributed by atoms with Crippen LogP contribution < -0.4 is 16.0 Å². The van der Waals surface area contributed by atoms with Crippen molar-refractivity contribution >= 4 is 29.5 Å². The molecular formula is C29H36N4O5. The number of aryl methyl sites for hydroxylation is 1. The summed E-state index contributed by atoms with van der Waals surface area (Å²) in [5.74, 6) is 1.56. The highest BCUT2D eigenvalue weighted by Crippen LogP contribution is 2.58. The van der Waals surface area contributed by atoms with Gasteiger partial charge in [0.15, 0.2) is 0 Å². The average molecular weight is 521 g/mol. The van der Waals surface area contributed by atoms with Crippen LogP contribution in [0.25, 0.3) is 0 Å². The van der Waals surface area contributed by atoms with Gasteiger partial charge in [-0.1, -0.05) is 12.1 Å². The lowest BCUT2D eigenvalue weighted by molar-refractivity contribution is -0.137. The van der Waals surface area contributed by atoms with E-state index >= 15 is 0 Å². The maximum Gasteiger partial charge on any atom is 0.255 e. The molecule has 7 rings (SSSR count). The Morgan fingerprint density at radius 2 is 1.92 bits per heavy atom. The second kappa shape index (κ2) is 9.82. The molecule has 1 aromatic rings. The monoisotopic (exact) mass is 520 g/mol. The van der Waals surface area contributed by atoms with Crippen molar-refractivity contribution in [2.45, 2.75) is 89.4 Å². The standard InChI is InChI=1S/C29H36N4O5/c1-15(34)30-23(27(36)32-26-19-11-16-10-18(13-19)21(26)12-16)7-3-5-17-4-2-6-20-22(17)14-33(29(20)38)24-8-9-25(35)31-28(24)37/h2,4,6,16,18-19,21,23-24,26H,3,5,7-14H2,1H3,(H,30,34)(H,32,36)(H,31,35,37)/t16?,18?,19?,21?,23-,24?,26?/m0/s1. The van der Waals surface area contributed by atoms with Crippen LogP contribution in [0.3, 0.4) is 0 Å². The fraction of sp³-hybridized carbons (Fsp3) is 0.621. The Morgan fingerprint density at radius 3 is 2.68 bits per heavy atom. The number of rotatable bonds is 8. The van der Waals surface area contributed by atoms with Gasteiger partial charge in [0.25, 0.3) is 5.91 Å². The summed E-state index contributed by atoms with van der Waals surface area (Å²) < 4.78 is 0. The van der Waals surface area contributed by atoms with Gasteiger partial charge in [0, 0.05) is 31.5 Å². The molecule has 1 aromatic carbocycles. The Labute approximate surface area is 222 Å². The van der Waals surface area contributed by atoms with Crippen molar-refractivity contribution in [1.29, 1.82) is 0 Å². The van der Waals surface area contributed by atoms with Gasteiger partial charge in [-0.2, -0.15) is 0 Å². The Balaban J connectivity index is 1.09. The van der Waals surface area contributed by atoms with Crippen LogP contribution in [0.1, 0.15) is 79.8 Å². The number of piperidine rings is 1. The summed E-state index contributed by atoms with van der Waals surface area (Å²) in [7, 11) is 0. The molecule has 4 bridgehead atoms. The van der Waals surface area contributed by atoms with Crippen molar-refractivity contribution in [1.82, 2.24) is 20.9 Å². The molecule has 38 heavy (non-hydrogen) atoms. The first-order valence-electron chi connectivity index (χ1n) is 14.1. The fourth-order valence-electron chi connectivity index (χ4n) is 8.12. The lowest BCUT2D eigenvalue weighted by Crippen LogP contribution is -2.52. The third-order valence-electron chi connectivity index (χ3n) is 9.68.